The van der Waals surface area contributed by atoms with E-state index >= 15 is 0 Å². The van der Waals surface area contributed by atoms with E-state index in [0.717, 1.165) is 22.9 Å². The lowest BCUT2D eigenvalue weighted by atomic mass is 9.76. The first-order valence-corrected chi connectivity index (χ1v) is 7.38. The van der Waals surface area contributed by atoms with Crippen molar-refractivity contribution in [1.82, 2.24) is 0 Å². The van der Waals surface area contributed by atoms with Crippen LogP contribution in [-0.4, -0.2) is 32.5 Å². The zero-order chi connectivity index (χ0) is 14.4. The molecule has 0 aromatic heterocycles. The van der Waals surface area contributed by atoms with Crippen LogP contribution < -0.4 is 4.90 Å². The fraction of sp³-hybridized carbons (Fsp3) is 0.571. The molecule has 6 heteroatoms. The van der Waals surface area contributed by atoms with Crippen molar-refractivity contribution >= 4 is 21.6 Å². The number of hydrogen-bond donors (Lipinski definition) is 0. The average Bonchev–Trinajstić information content (AvgIpc) is 2.62. The summed E-state index contributed by atoms with van der Waals surface area (Å²) in [5.74, 6) is 0. The molecule has 2 aliphatic rings. The molecule has 1 aromatic rings. The molecule has 1 aromatic carbocycles. The van der Waals surface area contributed by atoms with Crippen molar-refractivity contribution in [1.29, 1.82) is 0 Å². The average molecular weight is 350 g/mol. The third-order valence-corrected chi connectivity index (χ3v) is 4.68. The Morgan fingerprint density at radius 2 is 1.95 bits per heavy atom. The van der Waals surface area contributed by atoms with E-state index in [0.29, 0.717) is 25.4 Å². The minimum Gasteiger partial charge on any atom is -0.381 e. The van der Waals surface area contributed by atoms with Crippen LogP contribution in [0.2, 0.25) is 0 Å². The minimum absolute atomic E-state index is 0.181. The van der Waals surface area contributed by atoms with E-state index in [9.17, 15) is 13.2 Å². The third kappa shape index (κ3) is 2.55. The van der Waals surface area contributed by atoms with E-state index in [1.54, 1.807) is 6.07 Å². The van der Waals surface area contributed by atoms with Gasteiger partial charge in [0.1, 0.15) is 6.54 Å². The van der Waals surface area contributed by atoms with Gasteiger partial charge in [0.05, 0.1) is 0 Å². The predicted molar refractivity (Wildman–Crippen MR) is 74.1 cm³/mol. The van der Waals surface area contributed by atoms with Gasteiger partial charge in [-0.15, -0.1) is 0 Å². The van der Waals surface area contributed by atoms with E-state index < -0.39 is 12.7 Å². The maximum Gasteiger partial charge on any atom is 0.405 e. The number of rotatable bonds is 1. The Morgan fingerprint density at radius 1 is 1.25 bits per heavy atom. The molecule has 0 bridgehead atoms. The molecule has 3 rings (SSSR count). The molecule has 0 atom stereocenters. The molecule has 1 spiro atoms. The lowest BCUT2D eigenvalue weighted by Crippen LogP contribution is -2.41. The van der Waals surface area contributed by atoms with Gasteiger partial charge in [0.2, 0.25) is 0 Å². The van der Waals surface area contributed by atoms with Gasteiger partial charge in [-0.25, -0.2) is 0 Å². The van der Waals surface area contributed by atoms with Crippen molar-refractivity contribution < 1.29 is 17.9 Å². The molecule has 0 unspecified atom stereocenters. The van der Waals surface area contributed by atoms with Gasteiger partial charge >= 0.3 is 6.18 Å². The van der Waals surface area contributed by atoms with Gasteiger partial charge in [-0.1, -0.05) is 22.0 Å². The van der Waals surface area contributed by atoms with Crippen molar-refractivity contribution in [2.45, 2.75) is 24.4 Å². The Bertz CT molecular complexity index is 512. The van der Waals surface area contributed by atoms with Crippen molar-refractivity contribution in [3.63, 3.8) is 0 Å². The molecule has 1 fully saturated rings. The van der Waals surface area contributed by atoms with E-state index in [1.165, 1.54) is 4.90 Å². The number of hydrogen-bond acceptors (Lipinski definition) is 2. The first-order chi connectivity index (χ1) is 9.40. The number of nitrogens with zero attached hydrogens (tertiary/aromatic N) is 1. The number of alkyl halides is 3. The molecule has 2 aliphatic heterocycles. The second kappa shape index (κ2) is 4.91. The normalized spacial score (nSPS) is 21.3. The van der Waals surface area contributed by atoms with E-state index in [4.69, 9.17) is 4.74 Å². The lowest BCUT2D eigenvalue weighted by molar-refractivity contribution is -0.119. The Labute approximate surface area is 124 Å². The highest BCUT2D eigenvalue weighted by Gasteiger charge is 2.46. The van der Waals surface area contributed by atoms with Gasteiger partial charge < -0.3 is 9.64 Å². The molecular formula is C14H15BrF3NO. The lowest BCUT2D eigenvalue weighted by Gasteiger charge is -2.34. The van der Waals surface area contributed by atoms with Crippen LogP contribution in [0.1, 0.15) is 18.4 Å². The smallest absolute Gasteiger partial charge is 0.381 e. The van der Waals surface area contributed by atoms with E-state index in [1.807, 2.05) is 12.1 Å². The largest absolute Gasteiger partial charge is 0.405 e. The summed E-state index contributed by atoms with van der Waals surface area (Å²) in [4.78, 5) is 1.46. The van der Waals surface area contributed by atoms with Crippen LogP contribution in [0.5, 0.6) is 0 Å². The summed E-state index contributed by atoms with van der Waals surface area (Å²) < 4.78 is 44.5. The third-order valence-electron chi connectivity index (χ3n) is 4.19. The van der Waals surface area contributed by atoms with Crippen molar-refractivity contribution in [2.24, 2.45) is 0 Å². The van der Waals surface area contributed by atoms with Gasteiger partial charge in [0, 0.05) is 35.3 Å². The van der Waals surface area contributed by atoms with Crippen molar-refractivity contribution in [3.05, 3.63) is 28.2 Å². The Balaban J connectivity index is 1.99. The number of fused-ring (bicyclic) bond motifs is 2. The fourth-order valence-corrected chi connectivity index (χ4v) is 3.65. The zero-order valence-corrected chi connectivity index (χ0v) is 12.4. The Kier molecular flexibility index (Phi) is 3.49. The second-order valence-corrected chi connectivity index (χ2v) is 6.44. The maximum absolute atomic E-state index is 12.8. The topological polar surface area (TPSA) is 12.5 Å². The number of ether oxygens (including phenoxy) is 1. The first kappa shape index (κ1) is 14.2. The molecule has 110 valence electrons. The number of anilines is 1. The van der Waals surface area contributed by atoms with Crippen LogP contribution in [0.4, 0.5) is 18.9 Å². The number of halogens is 4. The van der Waals surface area contributed by atoms with Gasteiger partial charge in [-0.05, 0) is 30.5 Å². The molecule has 20 heavy (non-hydrogen) atoms. The van der Waals surface area contributed by atoms with Crippen molar-refractivity contribution in [3.8, 4) is 0 Å². The van der Waals surface area contributed by atoms with Crippen LogP contribution in [0.3, 0.4) is 0 Å². The van der Waals surface area contributed by atoms with Crippen LogP contribution in [0.25, 0.3) is 0 Å². The highest BCUT2D eigenvalue weighted by Crippen LogP contribution is 2.48. The molecule has 0 aliphatic carbocycles. The highest BCUT2D eigenvalue weighted by atomic mass is 79.9. The monoisotopic (exact) mass is 349 g/mol. The first-order valence-electron chi connectivity index (χ1n) is 6.59. The van der Waals surface area contributed by atoms with Crippen molar-refractivity contribution in [2.75, 3.05) is 31.2 Å². The molecule has 1 saturated heterocycles. The van der Waals surface area contributed by atoms with E-state index in [-0.39, 0.29) is 5.41 Å². The van der Waals surface area contributed by atoms with E-state index in [2.05, 4.69) is 15.9 Å². The molecule has 2 heterocycles. The summed E-state index contributed by atoms with van der Waals surface area (Å²) in [6.07, 6.45) is -2.61. The quantitative estimate of drug-likeness (QED) is 0.762. The van der Waals surface area contributed by atoms with Crippen LogP contribution in [-0.2, 0) is 10.2 Å². The molecule has 2 nitrogen and oxygen atoms in total. The van der Waals surface area contributed by atoms with Crippen LogP contribution in [0, 0.1) is 0 Å². The summed E-state index contributed by atoms with van der Waals surface area (Å²) in [5.41, 5.74) is 1.56. The van der Waals surface area contributed by atoms with Gasteiger partial charge in [-0.2, -0.15) is 13.2 Å². The van der Waals surface area contributed by atoms with Gasteiger partial charge in [0.15, 0.2) is 0 Å². The Morgan fingerprint density at radius 3 is 2.60 bits per heavy atom. The van der Waals surface area contributed by atoms with Gasteiger partial charge in [0.25, 0.3) is 0 Å². The summed E-state index contributed by atoms with van der Waals surface area (Å²) in [7, 11) is 0. The molecule has 0 amide bonds. The SMILES string of the molecule is FC(F)(F)CN1CC2(CCOCC2)c2ccc(Br)cc21. The second-order valence-electron chi connectivity index (χ2n) is 5.53. The summed E-state index contributed by atoms with van der Waals surface area (Å²) in [5, 5.41) is 0. The predicted octanol–water partition coefficient (Wildman–Crippen LogP) is 3.88. The number of benzene rings is 1. The maximum atomic E-state index is 12.8. The zero-order valence-electron chi connectivity index (χ0n) is 10.8. The molecule has 0 N–H and O–H groups in total. The standard InChI is InChI=1S/C14H15BrF3NO/c15-10-1-2-11-12(7-10)19(9-14(16,17)18)8-13(11)3-5-20-6-4-13/h1-2,7H,3-6,8-9H2. The summed E-state index contributed by atoms with van der Waals surface area (Å²) in [6.45, 7) is 0.783. The van der Waals surface area contributed by atoms with Gasteiger partial charge in [-0.3, -0.25) is 0 Å². The van der Waals surface area contributed by atoms with Crippen LogP contribution in [0.15, 0.2) is 22.7 Å². The molecule has 0 saturated carbocycles. The molecular weight excluding hydrogens is 335 g/mol. The highest BCUT2D eigenvalue weighted by molar-refractivity contribution is 9.10. The summed E-state index contributed by atoms with van der Waals surface area (Å²) in [6, 6.07) is 5.67. The fourth-order valence-electron chi connectivity index (χ4n) is 3.30. The Hall–Kier alpha value is -0.750. The minimum atomic E-state index is -4.18. The molecule has 0 radical (unpaired) electrons. The summed E-state index contributed by atoms with van der Waals surface area (Å²) >= 11 is 3.35. The van der Waals surface area contributed by atoms with Crippen LogP contribution >= 0.6 is 15.9 Å².